The number of pyridine rings is 1. The van der Waals surface area contributed by atoms with Crippen LogP contribution in [0.4, 0.5) is 0 Å². The summed E-state index contributed by atoms with van der Waals surface area (Å²) in [5, 5.41) is 0. The fraction of sp³-hybridized carbons (Fsp3) is 0.0882. The van der Waals surface area contributed by atoms with Crippen LogP contribution in [-0.4, -0.2) is 4.98 Å². The van der Waals surface area contributed by atoms with Crippen LogP contribution < -0.4 is 4.74 Å². The zero-order valence-electron chi connectivity index (χ0n) is 20.1. The number of ether oxygens (including phenoxy) is 1. The van der Waals surface area contributed by atoms with E-state index in [2.05, 4.69) is 84.9 Å². The van der Waals surface area contributed by atoms with Crippen LogP contribution in [0.1, 0.15) is 29.7 Å². The van der Waals surface area contributed by atoms with Crippen LogP contribution in [0, 0.1) is 0 Å². The minimum Gasteiger partial charge on any atom is -0.456 e. The van der Waals surface area contributed by atoms with Crippen molar-refractivity contribution in [2.45, 2.75) is 19.3 Å². The first-order valence-corrected chi connectivity index (χ1v) is 12.5. The molecule has 0 N–H and O–H groups in total. The molecule has 0 aliphatic heterocycles. The van der Waals surface area contributed by atoms with Crippen LogP contribution in [0.15, 0.2) is 127 Å². The van der Waals surface area contributed by atoms with E-state index in [-0.39, 0.29) is 0 Å². The highest BCUT2D eigenvalue weighted by atomic mass is 16.5. The molecule has 6 rings (SSSR count). The van der Waals surface area contributed by atoms with Gasteiger partial charge in [-0.2, -0.15) is 0 Å². The zero-order chi connectivity index (χ0) is 24.2. The standard InChI is InChI=1S/C34H27NO/c1-5-14-25(15-6-1)31-24-32(26-16-7-2-8-17-26)35-33-29(31)22-13-23-30(33)34(27-18-9-3-10-19-27)36-28-20-11-4-12-21-28/h1-12,14-21,24H,13,22-23H2. The predicted octanol–water partition coefficient (Wildman–Crippen LogP) is 8.70. The lowest BCUT2D eigenvalue weighted by Crippen LogP contribution is -2.11. The van der Waals surface area contributed by atoms with Gasteiger partial charge in [0.1, 0.15) is 11.5 Å². The Balaban J connectivity index is 1.62. The highest BCUT2D eigenvalue weighted by Crippen LogP contribution is 2.42. The van der Waals surface area contributed by atoms with Crippen molar-refractivity contribution in [3.8, 4) is 28.1 Å². The monoisotopic (exact) mass is 465 g/mol. The molecule has 36 heavy (non-hydrogen) atoms. The van der Waals surface area contributed by atoms with Crippen LogP contribution in [0.3, 0.4) is 0 Å². The Morgan fingerprint density at radius 2 is 1.19 bits per heavy atom. The second-order valence-electron chi connectivity index (χ2n) is 9.06. The van der Waals surface area contributed by atoms with Gasteiger partial charge in [-0.25, -0.2) is 4.98 Å². The molecule has 0 saturated carbocycles. The van der Waals surface area contributed by atoms with Gasteiger partial charge in [-0.05, 0) is 54.2 Å². The maximum absolute atomic E-state index is 6.63. The summed E-state index contributed by atoms with van der Waals surface area (Å²) in [6, 6.07) is 43.9. The Morgan fingerprint density at radius 1 is 0.611 bits per heavy atom. The molecule has 0 unspecified atom stereocenters. The smallest absolute Gasteiger partial charge is 0.139 e. The van der Waals surface area contributed by atoms with Gasteiger partial charge >= 0.3 is 0 Å². The van der Waals surface area contributed by atoms with Gasteiger partial charge in [0.2, 0.25) is 0 Å². The van der Waals surface area contributed by atoms with Gasteiger partial charge < -0.3 is 4.74 Å². The molecule has 0 atom stereocenters. The van der Waals surface area contributed by atoms with Gasteiger partial charge in [-0.15, -0.1) is 0 Å². The normalized spacial score (nSPS) is 14.1. The van der Waals surface area contributed by atoms with E-state index in [1.54, 1.807) is 0 Å². The lowest BCUT2D eigenvalue weighted by molar-refractivity contribution is 0.514. The summed E-state index contributed by atoms with van der Waals surface area (Å²) in [5.41, 5.74) is 9.16. The molecular weight excluding hydrogens is 438 g/mol. The SMILES string of the molecule is c1ccc(OC(=C2CCCc3c(-c4ccccc4)cc(-c4ccccc4)nc32)c2ccccc2)cc1. The third-order valence-corrected chi connectivity index (χ3v) is 6.69. The molecule has 0 saturated heterocycles. The number of benzene rings is 4. The maximum atomic E-state index is 6.63. The number of aromatic nitrogens is 1. The number of allylic oxidation sites excluding steroid dienone is 1. The molecule has 5 aromatic rings. The number of hydrogen-bond acceptors (Lipinski definition) is 2. The molecule has 1 heterocycles. The molecule has 0 radical (unpaired) electrons. The summed E-state index contributed by atoms with van der Waals surface area (Å²) < 4.78 is 6.63. The van der Waals surface area contributed by atoms with Crippen molar-refractivity contribution < 1.29 is 4.74 Å². The average molecular weight is 466 g/mol. The first-order chi connectivity index (χ1) is 17.9. The predicted molar refractivity (Wildman–Crippen MR) is 148 cm³/mol. The Kier molecular flexibility index (Phi) is 6.16. The molecule has 1 aromatic heterocycles. The Bertz CT molecular complexity index is 1490. The summed E-state index contributed by atoms with van der Waals surface area (Å²) in [6.45, 7) is 0. The van der Waals surface area contributed by atoms with E-state index < -0.39 is 0 Å². The van der Waals surface area contributed by atoms with Crippen LogP contribution in [0.5, 0.6) is 5.75 Å². The van der Waals surface area contributed by atoms with Crippen molar-refractivity contribution in [3.05, 3.63) is 144 Å². The quantitative estimate of drug-likeness (QED) is 0.242. The molecule has 0 fully saturated rings. The van der Waals surface area contributed by atoms with E-state index in [0.717, 1.165) is 53.3 Å². The van der Waals surface area contributed by atoms with Crippen LogP contribution in [0.25, 0.3) is 33.7 Å². The highest BCUT2D eigenvalue weighted by molar-refractivity contribution is 5.92. The first-order valence-electron chi connectivity index (χ1n) is 12.5. The molecule has 0 amide bonds. The topological polar surface area (TPSA) is 22.1 Å². The highest BCUT2D eigenvalue weighted by Gasteiger charge is 2.25. The Hall–Kier alpha value is -4.43. The van der Waals surface area contributed by atoms with E-state index >= 15 is 0 Å². The molecule has 1 aliphatic carbocycles. The number of hydrogen-bond donors (Lipinski definition) is 0. The third-order valence-electron chi connectivity index (χ3n) is 6.69. The van der Waals surface area contributed by atoms with Crippen molar-refractivity contribution >= 4 is 11.3 Å². The van der Waals surface area contributed by atoms with E-state index in [0.29, 0.717) is 0 Å². The molecule has 174 valence electrons. The second-order valence-corrected chi connectivity index (χ2v) is 9.06. The van der Waals surface area contributed by atoms with Crippen LogP contribution >= 0.6 is 0 Å². The van der Waals surface area contributed by atoms with E-state index in [1.807, 2.05) is 42.5 Å². The lowest BCUT2D eigenvalue weighted by Gasteiger charge is -2.25. The van der Waals surface area contributed by atoms with Gasteiger partial charge in [-0.3, -0.25) is 0 Å². The van der Waals surface area contributed by atoms with Crippen molar-refractivity contribution in [2.75, 3.05) is 0 Å². The fourth-order valence-electron chi connectivity index (χ4n) is 4.98. The van der Waals surface area contributed by atoms with Crippen LogP contribution in [-0.2, 0) is 6.42 Å². The van der Waals surface area contributed by atoms with Gasteiger partial charge in [0.05, 0.1) is 11.4 Å². The number of rotatable bonds is 5. The summed E-state index contributed by atoms with van der Waals surface area (Å²) in [6.07, 6.45) is 2.98. The summed E-state index contributed by atoms with van der Waals surface area (Å²) in [4.78, 5) is 5.30. The third kappa shape index (κ3) is 4.46. The van der Waals surface area contributed by atoms with Gasteiger partial charge in [0, 0.05) is 16.7 Å². The van der Waals surface area contributed by atoms with Crippen molar-refractivity contribution in [2.24, 2.45) is 0 Å². The lowest BCUT2D eigenvalue weighted by atomic mass is 9.84. The van der Waals surface area contributed by atoms with E-state index in [9.17, 15) is 0 Å². The minimum atomic E-state index is 0.832. The summed E-state index contributed by atoms with van der Waals surface area (Å²) in [7, 11) is 0. The van der Waals surface area contributed by atoms with Gasteiger partial charge in [-0.1, -0.05) is 109 Å². The fourth-order valence-corrected chi connectivity index (χ4v) is 4.98. The second kappa shape index (κ2) is 10.1. The molecular formula is C34H27NO. The van der Waals surface area contributed by atoms with Gasteiger partial charge in [0.25, 0.3) is 0 Å². The van der Waals surface area contributed by atoms with Crippen molar-refractivity contribution in [1.82, 2.24) is 4.98 Å². The number of fused-ring (bicyclic) bond motifs is 1. The molecule has 2 nitrogen and oxygen atoms in total. The summed E-state index contributed by atoms with van der Waals surface area (Å²) in [5.74, 6) is 1.72. The summed E-state index contributed by atoms with van der Waals surface area (Å²) >= 11 is 0. The van der Waals surface area contributed by atoms with E-state index in [1.165, 1.54) is 22.3 Å². The molecule has 4 aromatic carbocycles. The number of nitrogens with zero attached hydrogens (tertiary/aromatic N) is 1. The van der Waals surface area contributed by atoms with Crippen LogP contribution in [0.2, 0.25) is 0 Å². The molecule has 0 bridgehead atoms. The Morgan fingerprint density at radius 3 is 1.86 bits per heavy atom. The Labute approximate surface area is 212 Å². The van der Waals surface area contributed by atoms with Gasteiger partial charge in [0.15, 0.2) is 0 Å². The minimum absolute atomic E-state index is 0.832. The molecule has 1 aliphatic rings. The number of para-hydroxylation sites is 1. The van der Waals surface area contributed by atoms with E-state index in [4.69, 9.17) is 9.72 Å². The zero-order valence-corrected chi connectivity index (χ0v) is 20.1. The average Bonchev–Trinajstić information content (AvgIpc) is 2.97. The maximum Gasteiger partial charge on any atom is 0.139 e. The molecule has 2 heteroatoms. The largest absolute Gasteiger partial charge is 0.456 e. The molecule has 0 spiro atoms. The van der Waals surface area contributed by atoms with Crippen molar-refractivity contribution in [3.63, 3.8) is 0 Å². The van der Waals surface area contributed by atoms with Crippen molar-refractivity contribution in [1.29, 1.82) is 0 Å². The first kappa shape index (κ1) is 22.1.